The Hall–Kier alpha value is -1.69. The van der Waals surface area contributed by atoms with Crippen molar-refractivity contribution in [2.75, 3.05) is 6.61 Å². The highest BCUT2D eigenvalue weighted by atomic mass is 16.5. The molecule has 21 heavy (non-hydrogen) atoms. The third kappa shape index (κ3) is 4.67. The van der Waals surface area contributed by atoms with E-state index in [9.17, 15) is 5.11 Å². The second-order valence-electron chi connectivity index (χ2n) is 7.48. The zero-order valence-electron chi connectivity index (χ0n) is 14.1. The van der Waals surface area contributed by atoms with Gasteiger partial charge in [0.05, 0.1) is 12.7 Å². The topological polar surface area (TPSA) is 53.2 Å². The molecule has 1 aromatic rings. The van der Waals surface area contributed by atoms with Gasteiger partial charge in [-0.15, -0.1) is 0 Å². The highest BCUT2D eigenvalue weighted by molar-refractivity contribution is 5.51. The van der Waals surface area contributed by atoms with Gasteiger partial charge in [0.25, 0.3) is 0 Å². The monoisotopic (exact) mass is 289 g/mol. The van der Waals surface area contributed by atoms with Gasteiger partial charge in [-0.05, 0) is 29.4 Å². The van der Waals surface area contributed by atoms with E-state index in [0.717, 1.165) is 16.9 Å². The first kappa shape index (κ1) is 17.4. The lowest BCUT2D eigenvalue weighted by Crippen LogP contribution is -2.17. The fraction of sp³-hybridized carbons (Fsp3) is 0.611. The molecule has 3 nitrogen and oxygen atoms in total. The molecule has 1 aromatic carbocycles. The van der Waals surface area contributed by atoms with E-state index < -0.39 is 0 Å². The van der Waals surface area contributed by atoms with E-state index in [4.69, 9.17) is 10.00 Å². The predicted octanol–water partition coefficient (Wildman–Crippen LogP) is 4.67. The van der Waals surface area contributed by atoms with E-state index >= 15 is 0 Å². The van der Waals surface area contributed by atoms with Crippen molar-refractivity contribution in [2.45, 2.75) is 65.2 Å². The predicted molar refractivity (Wildman–Crippen MR) is 85.8 cm³/mol. The average molecular weight is 289 g/mol. The molecule has 1 rings (SSSR count). The van der Waals surface area contributed by atoms with Crippen LogP contribution in [0.4, 0.5) is 0 Å². The highest BCUT2D eigenvalue weighted by Crippen LogP contribution is 2.41. The van der Waals surface area contributed by atoms with Crippen molar-refractivity contribution in [2.24, 2.45) is 0 Å². The van der Waals surface area contributed by atoms with Crippen molar-refractivity contribution in [1.82, 2.24) is 0 Å². The Morgan fingerprint density at radius 3 is 1.90 bits per heavy atom. The van der Waals surface area contributed by atoms with Crippen LogP contribution < -0.4 is 4.74 Å². The standard InChI is InChI=1S/C18H27NO2/c1-17(2,3)14-11-13(21-10-8-7-9-19)12-15(16(14)20)18(4,5)6/h11-12,20H,7-8,10H2,1-6H3. The lowest BCUT2D eigenvalue weighted by atomic mass is 9.79. The number of nitriles is 1. The maximum atomic E-state index is 10.6. The van der Waals surface area contributed by atoms with E-state index in [-0.39, 0.29) is 10.8 Å². The number of hydrogen-bond donors (Lipinski definition) is 1. The molecular formula is C18H27NO2. The third-order valence-electron chi connectivity index (χ3n) is 3.40. The summed E-state index contributed by atoms with van der Waals surface area (Å²) in [7, 11) is 0. The van der Waals surface area contributed by atoms with Crippen molar-refractivity contribution in [1.29, 1.82) is 5.26 Å². The smallest absolute Gasteiger partial charge is 0.123 e. The molecular weight excluding hydrogens is 262 g/mol. The Kier molecular flexibility index (Phi) is 5.28. The maximum Gasteiger partial charge on any atom is 0.123 e. The lowest BCUT2D eigenvalue weighted by molar-refractivity contribution is 0.309. The normalized spacial score (nSPS) is 12.0. The number of ether oxygens (including phenoxy) is 1. The molecule has 0 saturated heterocycles. The van der Waals surface area contributed by atoms with Crippen LogP contribution in [0.25, 0.3) is 0 Å². The number of benzene rings is 1. The van der Waals surface area contributed by atoms with Gasteiger partial charge in [0, 0.05) is 17.5 Å². The van der Waals surface area contributed by atoms with E-state index in [0.29, 0.717) is 25.2 Å². The number of unbranched alkanes of at least 4 members (excludes halogenated alkanes) is 1. The van der Waals surface area contributed by atoms with Crippen molar-refractivity contribution in [3.8, 4) is 17.6 Å². The largest absolute Gasteiger partial charge is 0.507 e. The number of nitrogens with zero attached hydrogens (tertiary/aromatic N) is 1. The van der Waals surface area contributed by atoms with Crippen molar-refractivity contribution >= 4 is 0 Å². The minimum atomic E-state index is -0.157. The minimum Gasteiger partial charge on any atom is -0.507 e. The summed E-state index contributed by atoms with van der Waals surface area (Å²) in [6.07, 6.45) is 1.21. The van der Waals surface area contributed by atoms with Gasteiger partial charge in [-0.25, -0.2) is 0 Å². The molecule has 0 radical (unpaired) electrons. The molecule has 0 aromatic heterocycles. The van der Waals surface area contributed by atoms with Crippen molar-refractivity contribution in [3.05, 3.63) is 23.3 Å². The highest BCUT2D eigenvalue weighted by Gasteiger charge is 2.26. The van der Waals surface area contributed by atoms with E-state index in [1.807, 2.05) is 12.1 Å². The number of phenolic OH excluding ortho intramolecular Hbond substituents is 1. The Morgan fingerprint density at radius 2 is 1.52 bits per heavy atom. The molecule has 0 fully saturated rings. The summed E-state index contributed by atoms with van der Waals surface area (Å²) in [6, 6.07) is 5.94. The Labute approximate surface area is 128 Å². The summed E-state index contributed by atoms with van der Waals surface area (Å²) in [5, 5.41) is 19.2. The summed E-state index contributed by atoms with van der Waals surface area (Å²) in [5.74, 6) is 1.12. The first-order valence-electron chi connectivity index (χ1n) is 7.45. The van der Waals surface area contributed by atoms with Crippen LogP contribution in [0.1, 0.15) is 65.5 Å². The zero-order valence-corrected chi connectivity index (χ0v) is 14.1. The van der Waals surface area contributed by atoms with Crippen LogP contribution >= 0.6 is 0 Å². The fourth-order valence-corrected chi connectivity index (χ4v) is 2.18. The van der Waals surface area contributed by atoms with Gasteiger partial charge in [0.15, 0.2) is 0 Å². The zero-order chi connectivity index (χ0) is 16.3. The third-order valence-corrected chi connectivity index (χ3v) is 3.40. The van der Waals surface area contributed by atoms with Crippen LogP contribution in [0.5, 0.6) is 11.5 Å². The summed E-state index contributed by atoms with van der Waals surface area (Å²) < 4.78 is 5.77. The molecule has 0 atom stereocenters. The summed E-state index contributed by atoms with van der Waals surface area (Å²) in [4.78, 5) is 0. The second-order valence-corrected chi connectivity index (χ2v) is 7.48. The molecule has 3 heteroatoms. The molecule has 0 aliphatic carbocycles. The van der Waals surface area contributed by atoms with Crippen LogP contribution in [0.2, 0.25) is 0 Å². The molecule has 0 heterocycles. The Bertz CT molecular complexity index is 493. The molecule has 0 spiro atoms. The molecule has 116 valence electrons. The van der Waals surface area contributed by atoms with Gasteiger partial charge in [-0.3, -0.25) is 0 Å². The quantitative estimate of drug-likeness (QED) is 0.819. The molecule has 0 bridgehead atoms. The van der Waals surface area contributed by atoms with E-state index in [2.05, 4.69) is 47.6 Å². The second kappa shape index (κ2) is 6.39. The van der Waals surface area contributed by atoms with Crippen LogP contribution in [0.3, 0.4) is 0 Å². The molecule has 0 saturated carbocycles. The number of aromatic hydroxyl groups is 1. The molecule has 0 amide bonds. The molecule has 0 aliphatic heterocycles. The first-order valence-corrected chi connectivity index (χ1v) is 7.45. The van der Waals surface area contributed by atoms with E-state index in [1.165, 1.54) is 0 Å². The van der Waals surface area contributed by atoms with Gasteiger partial charge >= 0.3 is 0 Å². The molecule has 0 unspecified atom stereocenters. The maximum absolute atomic E-state index is 10.6. The number of rotatable bonds is 4. The number of hydrogen-bond acceptors (Lipinski definition) is 3. The SMILES string of the molecule is CC(C)(C)c1cc(OCCCC#N)cc(C(C)(C)C)c1O. The average Bonchev–Trinajstić information content (AvgIpc) is 2.33. The van der Waals surface area contributed by atoms with Gasteiger partial charge in [0.2, 0.25) is 0 Å². The minimum absolute atomic E-state index is 0.157. The first-order chi connectivity index (χ1) is 9.57. The van der Waals surface area contributed by atoms with Crippen LogP contribution in [-0.4, -0.2) is 11.7 Å². The molecule has 1 N–H and O–H groups in total. The van der Waals surface area contributed by atoms with Gasteiger partial charge in [-0.1, -0.05) is 41.5 Å². The van der Waals surface area contributed by atoms with Crippen LogP contribution in [0.15, 0.2) is 12.1 Å². The lowest BCUT2D eigenvalue weighted by Gasteiger charge is -2.28. The van der Waals surface area contributed by atoms with Gasteiger partial charge in [-0.2, -0.15) is 5.26 Å². The Morgan fingerprint density at radius 1 is 1.05 bits per heavy atom. The van der Waals surface area contributed by atoms with Crippen LogP contribution in [0, 0.1) is 11.3 Å². The summed E-state index contributed by atoms with van der Waals surface area (Å²) in [6.45, 7) is 13.0. The van der Waals surface area contributed by atoms with E-state index in [1.54, 1.807) is 0 Å². The molecule has 0 aliphatic rings. The van der Waals surface area contributed by atoms with Crippen molar-refractivity contribution in [3.63, 3.8) is 0 Å². The van der Waals surface area contributed by atoms with Gasteiger partial charge in [0.1, 0.15) is 11.5 Å². The summed E-state index contributed by atoms with van der Waals surface area (Å²) in [5.41, 5.74) is 1.47. The Balaban J connectivity index is 3.19. The number of phenols is 1. The fourth-order valence-electron chi connectivity index (χ4n) is 2.18. The summed E-state index contributed by atoms with van der Waals surface area (Å²) >= 11 is 0. The van der Waals surface area contributed by atoms with Crippen LogP contribution in [-0.2, 0) is 10.8 Å². The van der Waals surface area contributed by atoms with Crippen molar-refractivity contribution < 1.29 is 9.84 Å². The van der Waals surface area contributed by atoms with Gasteiger partial charge < -0.3 is 9.84 Å².